The summed E-state index contributed by atoms with van der Waals surface area (Å²) in [5.74, 6) is -0.396. The number of esters is 1. The minimum absolute atomic E-state index is 0.122. The maximum Gasteiger partial charge on any atom is 0.408 e. The molecule has 0 fully saturated rings. The van der Waals surface area contributed by atoms with E-state index >= 15 is 0 Å². The van der Waals surface area contributed by atoms with Crippen LogP contribution in [0.4, 0.5) is 4.79 Å². The van der Waals surface area contributed by atoms with Crippen LogP contribution in [-0.2, 0) is 19.1 Å². The monoisotopic (exact) mass is 302 g/mol. The van der Waals surface area contributed by atoms with Gasteiger partial charge in [-0.1, -0.05) is 6.92 Å². The standard InChI is InChI=1S/C14H26N2O5/c1-10(6-7-15-9-17)8-11(12(18)20-5)16-13(19)21-14(2,3)4/h9-11H,6-8H2,1-5H3,(H,15,17)(H,16,19)/t10-,11-/m0/s1. The molecule has 2 N–H and O–H groups in total. The first-order valence-corrected chi connectivity index (χ1v) is 6.94. The van der Waals surface area contributed by atoms with Crippen LogP contribution in [0.2, 0.25) is 0 Å². The number of hydrogen-bond donors (Lipinski definition) is 2. The van der Waals surface area contributed by atoms with Crippen molar-refractivity contribution in [3.63, 3.8) is 0 Å². The number of amides is 2. The van der Waals surface area contributed by atoms with E-state index in [0.717, 1.165) is 0 Å². The van der Waals surface area contributed by atoms with Gasteiger partial charge in [-0.15, -0.1) is 0 Å². The Bertz CT molecular complexity index is 352. The molecule has 0 aliphatic rings. The molecular weight excluding hydrogens is 276 g/mol. The lowest BCUT2D eigenvalue weighted by molar-refractivity contribution is -0.143. The Hall–Kier alpha value is -1.79. The highest BCUT2D eigenvalue weighted by Gasteiger charge is 2.26. The molecule has 2 amide bonds. The first kappa shape index (κ1) is 19.2. The third kappa shape index (κ3) is 9.70. The average molecular weight is 302 g/mol. The van der Waals surface area contributed by atoms with Crippen LogP contribution in [-0.4, -0.2) is 43.8 Å². The maximum absolute atomic E-state index is 11.7. The average Bonchev–Trinajstić information content (AvgIpc) is 2.35. The van der Waals surface area contributed by atoms with Crippen molar-refractivity contribution in [2.24, 2.45) is 5.92 Å². The van der Waals surface area contributed by atoms with Crippen molar-refractivity contribution in [3.05, 3.63) is 0 Å². The minimum atomic E-state index is -0.768. The van der Waals surface area contributed by atoms with E-state index in [2.05, 4.69) is 15.4 Å². The highest BCUT2D eigenvalue weighted by molar-refractivity contribution is 5.81. The fourth-order valence-electron chi connectivity index (χ4n) is 1.72. The van der Waals surface area contributed by atoms with E-state index in [1.165, 1.54) is 7.11 Å². The molecule has 0 aromatic rings. The smallest absolute Gasteiger partial charge is 0.408 e. The summed E-state index contributed by atoms with van der Waals surface area (Å²) < 4.78 is 9.82. The van der Waals surface area contributed by atoms with E-state index in [1.54, 1.807) is 20.8 Å². The Morgan fingerprint density at radius 2 is 1.90 bits per heavy atom. The number of rotatable bonds is 8. The van der Waals surface area contributed by atoms with Gasteiger partial charge >= 0.3 is 12.1 Å². The fourth-order valence-corrected chi connectivity index (χ4v) is 1.72. The van der Waals surface area contributed by atoms with Crippen LogP contribution in [0.25, 0.3) is 0 Å². The van der Waals surface area contributed by atoms with Gasteiger partial charge in [0.25, 0.3) is 0 Å². The number of carbonyl (C=O) groups excluding carboxylic acids is 3. The van der Waals surface area contributed by atoms with Gasteiger partial charge in [-0.3, -0.25) is 4.79 Å². The first-order chi connectivity index (χ1) is 9.69. The number of ether oxygens (including phenoxy) is 2. The lowest BCUT2D eigenvalue weighted by Gasteiger charge is -2.24. The molecule has 122 valence electrons. The normalized spacial score (nSPS) is 13.8. The minimum Gasteiger partial charge on any atom is -0.467 e. The quantitative estimate of drug-likeness (QED) is 0.399. The van der Waals surface area contributed by atoms with Crippen LogP contribution in [0.5, 0.6) is 0 Å². The molecule has 0 aliphatic heterocycles. The SMILES string of the molecule is COC(=O)[C@H](C[C@@H](C)CCNC=O)NC(=O)OC(C)(C)C. The lowest BCUT2D eigenvalue weighted by atomic mass is 9.98. The van der Waals surface area contributed by atoms with Crippen LogP contribution in [0.3, 0.4) is 0 Å². The van der Waals surface area contributed by atoms with Gasteiger partial charge in [0.05, 0.1) is 7.11 Å². The Labute approximate surface area is 125 Å². The summed E-state index contributed by atoms with van der Waals surface area (Å²) >= 11 is 0. The van der Waals surface area contributed by atoms with Crippen LogP contribution in [0.1, 0.15) is 40.5 Å². The number of nitrogens with one attached hydrogen (secondary N) is 2. The largest absolute Gasteiger partial charge is 0.467 e. The molecule has 0 aliphatic carbocycles. The first-order valence-electron chi connectivity index (χ1n) is 6.94. The van der Waals surface area contributed by atoms with Gasteiger partial charge in [-0.25, -0.2) is 9.59 Å². The molecule has 2 atom stereocenters. The Balaban J connectivity index is 4.48. The Morgan fingerprint density at radius 1 is 1.29 bits per heavy atom. The highest BCUT2D eigenvalue weighted by Crippen LogP contribution is 2.13. The second kappa shape index (κ2) is 9.20. The zero-order valence-electron chi connectivity index (χ0n) is 13.4. The second-order valence-corrected chi connectivity index (χ2v) is 5.92. The molecular formula is C14H26N2O5. The van der Waals surface area contributed by atoms with Crippen molar-refractivity contribution in [1.82, 2.24) is 10.6 Å². The summed E-state index contributed by atoms with van der Waals surface area (Å²) in [4.78, 5) is 33.6. The van der Waals surface area contributed by atoms with Crippen LogP contribution >= 0.6 is 0 Å². The zero-order chi connectivity index (χ0) is 16.5. The van der Waals surface area contributed by atoms with E-state index in [1.807, 2.05) is 6.92 Å². The fraction of sp³-hybridized carbons (Fsp3) is 0.786. The Kier molecular flexibility index (Phi) is 8.42. The summed E-state index contributed by atoms with van der Waals surface area (Å²) in [5, 5.41) is 5.08. The van der Waals surface area contributed by atoms with Gasteiger partial charge in [0, 0.05) is 6.54 Å². The van der Waals surface area contributed by atoms with Gasteiger partial charge in [0.2, 0.25) is 6.41 Å². The van der Waals surface area contributed by atoms with Crippen LogP contribution < -0.4 is 10.6 Å². The molecule has 0 aromatic heterocycles. The van der Waals surface area contributed by atoms with Gasteiger partial charge in [0.15, 0.2) is 0 Å². The molecule has 0 aromatic carbocycles. The summed E-state index contributed by atoms with van der Waals surface area (Å²) in [6.45, 7) is 7.68. The Morgan fingerprint density at radius 3 is 2.38 bits per heavy atom. The summed E-state index contributed by atoms with van der Waals surface area (Å²) in [6, 6.07) is -0.768. The van der Waals surface area contributed by atoms with Crippen molar-refractivity contribution in [2.75, 3.05) is 13.7 Å². The number of hydrogen-bond acceptors (Lipinski definition) is 5. The van der Waals surface area contributed by atoms with E-state index in [0.29, 0.717) is 25.8 Å². The predicted molar refractivity (Wildman–Crippen MR) is 77.6 cm³/mol. The van der Waals surface area contributed by atoms with Gasteiger partial charge in [-0.2, -0.15) is 0 Å². The van der Waals surface area contributed by atoms with E-state index in [4.69, 9.17) is 4.74 Å². The molecule has 21 heavy (non-hydrogen) atoms. The maximum atomic E-state index is 11.7. The predicted octanol–water partition coefficient (Wildman–Crippen LogP) is 1.21. The molecule has 0 rings (SSSR count). The van der Waals surface area contributed by atoms with Crippen molar-refractivity contribution >= 4 is 18.5 Å². The molecule has 0 radical (unpaired) electrons. The zero-order valence-corrected chi connectivity index (χ0v) is 13.4. The topological polar surface area (TPSA) is 93.7 Å². The molecule has 0 bridgehead atoms. The number of methoxy groups -OCH3 is 1. The van der Waals surface area contributed by atoms with E-state index in [-0.39, 0.29) is 5.92 Å². The molecule has 0 heterocycles. The van der Waals surface area contributed by atoms with E-state index in [9.17, 15) is 14.4 Å². The van der Waals surface area contributed by atoms with Crippen LogP contribution in [0.15, 0.2) is 0 Å². The molecule has 0 unspecified atom stereocenters. The van der Waals surface area contributed by atoms with Gasteiger partial charge < -0.3 is 20.1 Å². The summed E-state index contributed by atoms with van der Waals surface area (Å²) in [7, 11) is 1.27. The third-order valence-corrected chi connectivity index (χ3v) is 2.68. The molecule has 7 heteroatoms. The van der Waals surface area contributed by atoms with Crippen molar-refractivity contribution in [3.8, 4) is 0 Å². The summed E-state index contributed by atoms with van der Waals surface area (Å²) in [6.07, 6.45) is 1.08. The molecule has 7 nitrogen and oxygen atoms in total. The van der Waals surface area contributed by atoms with E-state index < -0.39 is 23.7 Å². The lowest BCUT2D eigenvalue weighted by Crippen LogP contribution is -2.45. The number of carbonyl (C=O) groups is 3. The highest BCUT2D eigenvalue weighted by atomic mass is 16.6. The van der Waals surface area contributed by atoms with Crippen molar-refractivity contribution < 1.29 is 23.9 Å². The molecule has 0 saturated carbocycles. The van der Waals surface area contributed by atoms with Crippen molar-refractivity contribution in [2.45, 2.75) is 52.2 Å². The van der Waals surface area contributed by atoms with Gasteiger partial charge in [-0.05, 0) is 39.5 Å². The summed E-state index contributed by atoms with van der Waals surface area (Å²) in [5.41, 5.74) is -0.635. The van der Waals surface area contributed by atoms with Crippen molar-refractivity contribution in [1.29, 1.82) is 0 Å². The molecule has 0 saturated heterocycles. The molecule has 0 spiro atoms. The van der Waals surface area contributed by atoms with Gasteiger partial charge in [0.1, 0.15) is 11.6 Å². The number of alkyl carbamates (subject to hydrolysis) is 1. The van der Waals surface area contributed by atoms with Crippen LogP contribution in [0, 0.1) is 5.92 Å². The second-order valence-electron chi connectivity index (χ2n) is 5.92. The third-order valence-electron chi connectivity index (χ3n) is 2.68.